The van der Waals surface area contributed by atoms with E-state index in [1.54, 1.807) is 0 Å². The zero-order valence-electron chi connectivity index (χ0n) is 8.66. The fourth-order valence-electron chi connectivity index (χ4n) is 1.00. The van der Waals surface area contributed by atoms with E-state index >= 15 is 0 Å². The maximum atomic E-state index is 9.79. The number of aliphatic hydroxyl groups excluding tert-OH is 6. The smallest absolute Gasteiger partial charge is 0.294 e. The highest BCUT2D eigenvalue weighted by molar-refractivity contribution is 4.84. The van der Waals surface area contributed by atoms with Gasteiger partial charge in [-0.25, -0.2) is 0 Å². The molecule has 6 N–H and O–H groups in total. The van der Waals surface area contributed by atoms with Gasteiger partial charge < -0.3 is 35.5 Å². The minimum absolute atomic E-state index is 0.869. The van der Waals surface area contributed by atoms with Crippen molar-refractivity contribution in [2.45, 2.75) is 30.5 Å². The van der Waals surface area contributed by atoms with Gasteiger partial charge in [0.15, 0.2) is 0 Å². The van der Waals surface area contributed by atoms with E-state index in [9.17, 15) is 25.4 Å². The molecule has 17 heavy (non-hydrogen) atoms. The standard InChI is InChI=1S/C7H15NO9/c9-1-3(10)5(12)7(14)6(13)4(11)2-17-8(15)16/h3-7,9-14H,1-2H2. The Morgan fingerprint density at radius 3 is 1.88 bits per heavy atom. The molecule has 0 spiro atoms. The Bertz CT molecular complexity index is 237. The van der Waals surface area contributed by atoms with E-state index in [-0.39, 0.29) is 0 Å². The summed E-state index contributed by atoms with van der Waals surface area (Å²) in [5, 5.41) is 62.9. The number of rotatable bonds is 8. The second kappa shape index (κ2) is 7.32. The van der Waals surface area contributed by atoms with E-state index < -0.39 is 48.8 Å². The number of nitrogens with zero attached hydrogens (tertiary/aromatic N) is 1. The Morgan fingerprint density at radius 2 is 1.47 bits per heavy atom. The first-order valence-electron chi connectivity index (χ1n) is 4.59. The Kier molecular flexibility index (Phi) is 6.87. The third kappa shape index (κ3) is 5.21. The molecule has 0 fully saturated rings. The van der Waals surface area contributed by atoms with Gasteiger partial charge in [0.2, 0.25) is 0 Å². The van der Waals surface area contributed by atoms with Gasteiger partial charge in [-0.1, -0.05) is 0 Å². The minimum Gasteiger partial charge on any atom is -0.394 e. The van der Waals surface area contributed by atoms with Gasteiger partial charge >= 0.3 is 0 Å². The molecule has 10 nitrogen and oxygen atoms in total. The van der Waals surface area contributed by atoms with Gasteiger partial charge in [-0.3, -0.25) is 0 Å². The normalized spacial score (nSPS) is 20.1. The monoisotopic (exact) mass is 257 g/mol. The maximum absolute atomic E-state index is 9.79. The number of hydrogen-bond acceptors (Lipinski definition) is 9. The SMILES string of the molecule is O=[N+]([O-])OCC(O)C(O)C(O)C(O)C(O)CO. The predicted octanol–water partition coefficient (Wildman–Crippen LogP) is -4.01. The van der Waals surface area contributed by atoms with E-state index in [1.165, 1.54) is 0 Å². The molecular weight excluding hydrogens is 242 g/mol. The van der Waals surface area contributed by atoms with Gasteiger partial charge in [0, 0.05) is 0 Å². The topological polar surface area (TPSA) is 174 Å². The van der Waals surface area contributed by atoms with Gasteiger partial charge in [0.25, 0.3) is 5.09 Å². The molecule has 0 aromatic rings. The molecule has 0 heterocycles. The molecule has 0 bridgehead atoms. The van der Waals surface area contributed by atoms with E-state index in [1.807, 2.05) is 0 Å². The highest BCUT2D eigenvalue weighted by Crippen LogP contribution is 2.08. The third-order valence-corrected chi connectivity index (χ3v) is 2.03. The molecule has 102 valence electrons. The fraction of sp³-hybridized carbons (Fsp3) is 1.00. The molecule has 0 aromatic heterocycles. The van der Waals surface area contributed by atoms with Crippen LogP contribution in [0, 0.1) is 10.1 Å². The second-order valence-electron chi connectivity index (χ2n) is 3.31. The average molecular weight is 257 g/mol. The molecule has 0 aromatic carbocycles. The van der Waals surface area contributed by atoms with Crippen LogP contribution in [0.2, 0.25) is 0 Å². The van der Waals surface area contributed by atoms with Crippen molar-refractivity contribution in [3.8, 4) is 0 Å². The van der Waals surface area contributed by atoms with Crippen LogP contribution in [0.4, 0.5) is 0 Å². The second-order valence-corrected chi connectivity index (χ2v) is 3.31. The van der Waals surface area contributed by atoms with E-state index in [4.69, 9.17) is 15.3 Å². The average Bonchev–Trinajstić information content (AvgIpc) is 2.31. The molecule has 0 amide bonds. The quantitative estimate of drug-likeness (QED) is 0.187. The summed E-state index contributed by atoms with van der Waals surface area (Å²) >= 11 is 0. The van der Waals surface area contributed by atoms with Gasteiger partial charge in [0.1, 0.15) is 37.1 Å². The Morgan fingerprint density at radius 1 is 1.00 bits per heavy atom. The van der Waals surface area contributed by atoms with Crippen molar-refractivity contribution in [3.05, 3.63) is 10.1 Å². The van der Waals surface area contributed by atoms with Crippen LogP contribution in [0.5, 0.6) is 0 Å². The molecule has 0 radical (unpaired) electrons. The van der Waals surface area contributed by atoms with Crippen molar-refractivity contribution in [1.29, 1.82) is 0 Å². The maximum Gasteiger partial charge on any atom is 0.294 e. The van der Waals surface area contributed by atoms with Crippen molar-refractivity contribution in [3.63, 3.8) is 0 Å². The Balaban J connectivity index is 4.27. The molecule has 0 rings (SSSR count). The first kappa shape index (κ1) is 16.0. The van der Waals surface area contributed by atoms with Crippen LogP contribution in [0.15, 0.2) is 0 Å². The summed E-state index contributed by atoms with van der Waals surface area (Å²) in [4.78, 5) is 13.5. The predicted molar refractivity (Wildman–Crippen MR) is 50.1 cm³/mol. The summed E-state index contributed by atoms with van der Waals surface area (Å²) < 4.78 is 0. The lowest BCUT2D eigenvalue weighted by molar-refractivity contribution is -0.759. The number of aliphatic hydroxyl groups is 6. The Labute approximate surface area is 95.4 Å². The number of hydrogen-bond donors (Lipinski definition) is 6. The zero-order valence-corrected chi connectivity index (χ0v) is 8.66. The highest BCUT2D eigenvalue weighted by Gasteiger charge is 2.34. The van der Waals surface area contributed by atoms with Crippen molar-refractivity contribution in [2.75, 3.05) is 13.2 Å². The minimum atomic E-state index is -2.00. The lowest BCUT2D eigenvalue weighted by atomic mass is 10.00. The molecule has 0 aliphatic carbocycles. The molecule has 0 saturated carbocycles. The van der Waals surface area contributed by atoms with E-state index in [2.05, 4.69) is 4.84 Å². The summed E-state index contributed by atoms with van der Waals surface area (Å²) in [6.07, 6.45) is -9.45. The largest absolute Gasteiger partial charge is 0.394 e. The molecule has 0 saturated heterocycles. The third-order valence-electron chi connectivity index (χ3n) is 2.03. The van der Waals surface area contributed by atoms with Crippen LogP contribution in [0.25, 0.3) is 0 Å². The van der Waals surface area contributed by atoms with E-state index in [0.29, 0.717) is 0 Å². The first-order valence-corrected chi connectivity index (χ1v) is 4.59. The summed E-state index contributed by atoms with van der Waals surface area (Å²) in [6, 6.07) is 0. The van der Waals surface area contributed by atoms with Crippen molar-refractivity contribution >= 4 is 0 Å². The highest BCUT2D eigenvalue weighted by atomic mass is 17.0. The van der Waals surface area contributed by atoms with Crippen molar-refractivity contribution in [2.24, 2.45) is 0 Å². The van der Waals surface area contributed by atoms with Gasteiger partial charge in [0.05, 0.1) is 6.61 Å². The fourth-order valence-corrected chi connectivity index (χ4v) is 1.00. The summed E-state index contributed by atoms with van der Waals surface area (Å²) in [5.41, 5.74) is 0. The summed E-state index contributed by atoms with van der Waals surface area (Å²) in [7, 11) is 0. The van der Waals surface area contributed by atoms with Gasteiger partial charge in [-0.2, -0.15) is 0 Å². The molecule has 0 aliphatic heterocycles. The zero-order chi connectivity index (χ0) is 13.6. The van der Waals surface area contributed by atoms with Crippen LogP contribution in [-0.2, 0) is 4.84 Å². The Hall–Kier alpha value is -1.04. The molecule has 5 atom stereocenters. The molecule has 0 aliphatic rings. The van der Waals surface area contributed by atoms with Crippen LogP contribution in [-0.4, -0.2) is 79.5 Å². The lowest BCUT2D eigenvalue weighted by Crippen LogP contribution is -2.51. The van der Waals surface area contributed by atoms with E-state index in [0.717, 1.165) is 0 Å². The summed E-state index contributed by atoms with van der Waals surface area (Å²) in [6.45, 7) is -1.78. The molecule has 5 unspecified atom stereocenters. The van der Waals surface area contributed by atoms with Gasteiger partial charge in [-0.05, 0) is 0 Å². The van der Waals surface area contributed by atoms with Crippen LogP contribution in [0.1, 0.15) is 0 Å². The summed E-state index contributed by atoms with van der Waals surface area (Å²) in [5.74, 6) is 0. The lowest BCUT2D eigenvalue weighted by Gasteiger charge is -2.27. The van der Waals surface area contributed by atoms with Crippen LogP contribution < -0.4 is 0 Å². The van der Waals surface area contributed by atoms with Gasteiger partial charge in [-0.15, -0.1) is 10.1 Å². The van der Waals surface area contributed by atoms with Crippen LogP contribution in [0.3, 0.4) is 0 Å². The van der Waals surface area contributed by atoms with Crippen molar-refractivity contribution in [1.82, 2.24) is 0 Å². The first-order chi connectivity index (χ1) is 7.81. The molecule has 10 heteroatoms. The van der Waals surface area contributed by atoms with Crippen molar-refractivity contribution < 1.29 is 40.6 Å². The molecular formula is C7H15NO9. The van der Waals surface area contributed by atoms with Crippen LogP contribution >= 0.6 is 0 Å².